The molecule has 21 heavy (non-hydrogen) atoms. The summed E-state index contributed by atoms with van der Waals surface area (Å²) >= 11 is 0. The summed E-state index contributed by atoms with van der Waals surface area (Å²) in [5, 5.41) is 9.39. The molecule has 2 rings (SSSR count). The number of imidazole rings is 1. The molecule has 0 fully saturated rings. The summed E-state index contributed by atoms with van der Waals surface area (Å²) in [6, 6.07) is 9.77. The molecule has 0 aliphatic rings. The Kier molecular flexibility index (Phi) is 4.72. The van der Waals surface area contributed by atoms with Crippen molar-refractivity contribution >= 4 is 5.97 Å². The topological polar surface area (TPSA) is 55.1 Å². The van der Waals surface area contributed by atoms with Crippen molar-refractivity contribution in [1.82, 2.24) is 9.55 Å². The van der Waals surface area contributed by atoms with E-state index in [4.69, 9.17) is 0 Å². The van der Waals surface area contributed by atoms with Crippen LogP contribution in [0.15, 0.2) is 55.6 Å². The van der Waals surface area contributed by atoms with Crippen LogP contribution in [0.25, 0.3) is 0 Å². The molecule has 1 aromatic carbocycles. The largest absolute Gasteiger partial charge is 0.476 e. The third-order valence-corrected chi connectivity index (χ3v) is 3.21. The average molecular weight is 282 g/mol. The predicted molar refractivity (Wildman–Crippen MR) is 82.5 cm³/mol. The lowest BCUT2D eigenvalue weighted by molar-refractivity contribution is 0.0689. The summed E-state index contributed by atoms with van der Waals surface area (Å²) in [6.45, 7) is 7.97. The summed E-state index contributed by atoms with van der Waals surface area (Å²) in [5.74, 6) is -0.303. The van der Waals surface area contributed by atoms with Gasteiger partial charge < -0.3 is 9.67 Å². The number of carbonyl (C=O) groups is 1. The fourth-order valence-electron chi connectivity index (χ4n) is 2.31. The van der Waals surface area contributed by atoms with Crippen LogP contribution in [0.2, 0.25) is 0 Å². The van der Waals surface area contributed by atoms with Crippen LogP contribution in [-0.2, 0) is 19.4 Å². The van der Waals surface area contributed by atoms with Gasteiger partial charge >= 0.3 is 5.97 Å². The van der Waals surface area contributed by atoms with Crippen molar-refractivity contribution in [2.45, 2.75) is 19.4 Å². The fourth-order valence-corrected chi connectivity index (χ4v) is 2.31. The van der Waals surface area contributed by atoms with Crippen molar-refractivity contribution in [1.29, 1.82) is 0 Å². The number of allylic oxidation sites excluding steroid dienone is 2. The number of hydrogen-bond acceptors (Lipinski definition) is 2. The molecular weight excluding hydrogens is 264 g/mol. The van der Waals surface area contributed by atoms with Crippen molar-refractivity contribution in [3.63, 3.8) is 0 Å². The van der Waals surface area contributed by atoms with Gasteiger partial charge in [-0.25, -0.2) is 9.78 Å². The summed E-state index contributed by atoms with van der Waals surface area (Å²) in [7, 11) is 0. The SMILES string of the molecule is C=CCc1nc(C(=O)O)c(Cc2ccccc2)n1CC=C. The second kappa shape index (κ2) is 6.70. The van der Waals surface area contributed by atoms with Crippen LogP contribution in [-0.4, -0.2) is 20.6 Å². The minimum Gasteiger partial charge on any atom is -0.476 e. The van der Waals surface area contributed by atoms with Gasteiger partial charge in [-0.05, 0) is 5.56 Å². The Morgan fingerprint density at radius 2 is 1.95 bits per heavy atom. The third kappa shape index (κ3) is 3.28. The zero-order valence-corrected chi connectivity index (χ0v) is 11.8. The van der Waals surface area contributed by atoms with E-state index in [1.807, 2.05) is 34.9 Å². The number of aromatic nitrogens is 2. The van der Waals surface area contributed by atoms with Gasteiger partial charge in [0.05, 0.1) is 5.69 Å². The van der Waals surface area contributed by atoms with Crippen LogP contribution in [0.5, 0.6) is 0 Å². The Bertz CT molecular complexity index is 657. The zero-order chi connectivity index (χ0) is 15.2. The molecule has 1 aromatic heterocycles. The Hall–Kier alpha value is -2.62. The molecule has 1 heterocycles. The van der Waals surface area contributed by atoms with E-state index in [1.54, 1.807) is 12.2 Å². The third-order valence-electron chi connectivity index (χ3n) is 3.21. The second-order valence-corrected chi connectivity index (χ2v) is 4.68. The number of carboxylic acid groups (broad SMARTS) is 1. The highest BCUT2D eigenvalue weighted by Crippen LogP contribution is 2.18. The van der Waals surface area contributed by atoms with Crippen molar-refractivity contribution in [2.24, 2.45) is 0 Å². The van der Waals surface area contributed by atoms with Gasteiger partial charge in [0.25, 0.3) is 0 Å². The molecule has 1 N–H and O–H groups in total. The first-order valence-electron chi connectivity index (χ1n) is 6.74. The highest BCUT2D eigenvalue weighted by atomic mass is 16.4. The average Bonchev–Trinajstić information content (AvgIpc) is 2.80. The van der Waals surface area contributed by atoms with Crippen LogP contribution in [0, 0.1) is 0 Å². The van der Waals surface area contributed by atoms with Crippen LogP contribution in [0.3, 0.4) is 0 Å². The first-order valence-corrected chi connectivity index (χ1v) is 6.74. The van der Waals surface area contributed by atoms with Gasteiger partial charge in [-0.2, -0.15) is 0 Å². The minimum atomic E-state index is -1.01. The molecule has 0 radical (unpaired) electrons. The van der Waals surface area contributed by atoms with Gasteiger partial charge in [0.1, 0.15) is 5.82 Å². The van der Waals surface area contributed by atoms with Crippen molar-refractivity contribution in [3.8, 4) is 0 Å². The lowest BCUT2D eigenvalue weighted by Gasteiger charge is -2.09. The van der Waals surface area contributed by atoms with Crippen LogP contribution in [0.1, 0.15) is 27.6 Å². The Morgan fingerprint density at radius 3 is 2.52 bits per heavy atom. The summed E-state index contributed by atoms with van der Waals surface area (Å²) in [5.41, 5.74) is 1.86. The zero-order valence-electron chi connectivity index (χ0n) is 11.8. The van der Waals surface area contributed by atoms with Gasteiger partial charge in [0.15, 0.2) is 5.69 Å². The number of rotatable bonds is 7. The predicted octanol–water partition coefficient (Wildman–Crippen LogP) is 3.09. The molecular formula is C17H18N2O2. The highest BCUT2D eigenvalue weighted by molar-refractivity contribution is 5.87. The molecule has 2 aromatic rings. The van der Waals surface area contributed by atoms with Gasteiger partial charge in [-0.1, -0.05) is 42.5 Å². The number of carboxylic acids is 1. The molecule has 4 heteroatoms. The number of hydrogen-bond donors (Lipinski definition) is 1. The van der Waals surface area contributed by atoms with Crippen LogP contribution < -0.4 is 0 Å². The summed E-state index contributed by atoms with van der Waals surface area (Å²) < 4.78 is 1.91. The number of nitrogens with zero attached hydrogens (tertiary/aromatic N) is 2. The lowest BCUT2D eigenvalue weighted by Crippen LogP contribution is -2.09. The van der Waals surface area contributed by atoms with Crippen LogP contribution >= 0.6 is 0 Å². The summed E-state index contributed by atoms with van der Waals surface area (Å²) in [6.07, 6.45) is 4.53. The van der Waals surface area contributed by atoms with Crippen molar-refractivity contribution in [2.75, 3.05) is 0 Å². The molecule has 4 nitrogen and oxygen atoms in total. The molecule has 0 spiro atoms. The highest BCUT2D eigenvalue weighted by Gasteiger charge is 2.20. The molecule has 0 aliphatic heterocycles. The van der Waals surface area contributed by atoms with Gasteiger partial charge in [0, 0.05) is 19.4 Å². The summed E-state index contributed by atoms with van der Waals surface area (Å²) in [4.78, 5) is 15.7. The van der Waals surface area contributed by atoms with E-state index in [0.29, 0.717) is 30.9 Å². The number of benzene rings is 1. The molecule has 108 valence electrons. The molecule has 0 saturated heterocycles. The van der Waals surface area contributed by atoms with E-state index in [1.165, 1.54) is 0 Å². The van der Waals surface area contributed by atoms with Crippen LogP contribution in [0.4, 0.5) is 0 Å². The smallest absolute Gasteiger partial charge is 0.356 e. The van der Waals surface area contributed by atoms with Gasteiger partial charge in [-0.3, -0.25) is 0 Å². The van der Waals surface area contributed by atoms with E-state index in [2.05, 4.69) is 18.1 Å². The molecule has 0 unspecified atom stereocenters. The first-order chi connectivity index (χ1) is 10.2. The quantitative estimate of drug-likeness (QED) is 0.794. The second-order valence-electron chi connectivity index (χ2n) is 4.68. The monoisotopic (exact) mass is 282 g/mol. The van der Waals surface area contributed by atoms with E-state index in [9.17, 15) is 9.90 Å². The molecule has 0 bridgehead atoms. The Balaban J connectivity index is 2.51. The maximum atomic E-state index is 11.5. The van der Waals surface area contributed by atoms with E-state index < -0.39 is 5.97 Å². The van der Waals surface area contributed by atoms with Gasteiger partial charge in [-0.15, -0.1) is 13.2 Å². The fraction of sp³-hybridized carbons (Fsp3) is 0.176. The van der Waals surface area contributed by atoms with Gasteiger partial charge in [0.2, 0.25) is 0 Å². The molecule has 0 amide bonds. The Labute approximate surface area is 124 Å². The van der Waals surface area contributed by atoms with E-state index in [0.717, 1.165) is 5.56 Å². The van der Waals surface area contributed by atoms with E-state index in [-0.39, 0.29) is 5.69 Å². The molecule has 0 saturated carbocycles. The molecule has 0 aliphatic carbocycles. The number of aromatic carboxylic acids is 1. The lowest BCUT2D eigenvalue weighted by atomic mass is 10.1. The normalized spacial score (nSPS) is 10.3. The van der Waals surface area contributed by atoms with Crippen molar-refractivity contribution < 1.29 is 9.90 Å². The van der Waals surface area contributed by atoms with Crippen molar-refractivity contribution in [3.05, 3.63) is 78.4 Å². The minimum absolute atomic E-state index is 0.109. The standard InChI is InChI=1S/C17H18N2O2/c1-3-8-15-18-16(17(20)21)14(19(15)11-4-2)12-13-9-6-5-7-10-13/h3-7,9-10H,1-2,8,11-12H2,(H,20,21). The van der Waals surface area contributed by atoms with E-state index >= 15 is 0 Å². The molecule has 0 atom stereocenters. The maximum absolute atomic E-state index is 11.5. The first kappa shape index (κ1) is 14.8. The Morgan fingerprint density at radius 1 is 1.24 bits per heavy atom. The maximum Gasteiger partial charge on any atom is 0.356 e.